The zero-order valence-corrected chi connectivity index (χ0v) is 16.4. The van der Waals surface area contributed by atoms with Crippen molar-refractivity contribution in [3.8, 4) is 5.75 Å². The first kappa shape index (κ1) is 21.8. The number of hydrogen-bond acceptors (Lipinski definition) is 3. The van der Waals surface area contributed by atoms with Crippen LogP contribution in [0.4, 0.5) is 0 Å². The lowest BCUT2D eigenvalue weighted by Crippen LogP contribution is -2.45. The molecule has 0 amide bonds. The Bertz CT molecular complexity index is 672. The van der Waals surface area contributed by atoms with E-state index in [9.17, 15) is 0 Å². The van der Waals surface area contributed by atoms with Gasteiger partial charge >= 0.3 is 0 Å². The first-order valence-electron chi connectivity index (χ1n) is 8.55. The molecular weight excluding hydrogens is 355 g/mol. The smallest absolute Gasteiger partial charge is 0.124 e. The van der Waals surface area contributed by atoms with Gasteiger partial charge in [0.05, 0.1) is 6.61 Å². The number of rotatable bonds is 6. The number of fused-ring (bicyclic) bond motifs is 1. The minimum atomic E-state index is 0. The molecule has 2 aromatic carbocycles. The van der Waals surface area contributed by atoms with Crippen molar-refractivity contribution in [3.63, 3.8) is 0 Å². The molecule has 0 spiro atoms. The van der Waals surface area contributed by atoms with E-state index in [0.717, 1.165) is 38.3 Å². The summed E-state index contributed by atoms with van der Waals surface area (Å²) in [7, 11) is 0. The Kier molecular flexibility index (Phi) is 9.30. The Labute approximate surface area is 163 Å². The van der Waals surface area contributed by atoms with Gasteiger partial charge in [-0.15, -0.1) is 31.4 Å². The fourth-order valence-electron chi connectivity index (χ4n) is 3.50. The largest absolute Gasteiger partial charge is 0.494 e. The summed E-state index contributed by atoms with van der Waals surface area (Å²) in [5.41, 5.74) is 1.31. The van der Waals surface area contributed by atoms with Crippen LogP contribution in [0.15, 0.2) is 49.1 Å². The van der Waals surface area contributed by atoms with Crippen molar-refractivity contribution in [3.05, 3.63) is 54.6 Å². The Morgan fingerprint density at radius 3 is 2.56 bits per heavy atom. The molecule has 1 aliphatic rings. The molecule has 0 unspecified atom stereocenters. The highest BCUT2D eigenvalue weighted by molar-refractivity contribution is 5.88. The van der Waals surface area contributed by atoms with Crippen LogP contribution < -0.4 is 10.1 Å². The lowest BCUT2D eigenvalue weighted by Gasteiger charge is -2.36. The van der Waals surface area contributed by atoms with Crippen LogP contribution in [-0.2, 0) is 0 Å². The lowest BCUT2D eigenvalue weighted by molar-refractivity contribution is 0.171. The molecule has 5 heteroatoms. The maximum absolute atomic E-state index is 5.99. The molecule has 0 aromatic heterocycles. The van der Waals surface area contributed by atoms with Crippen molar-refractivity contribution in [2.45, 2.75) is 19.4 Å². The molecule has 3 rings (SSSR count). The molecule has 0 radical (unpaired) electrons. The van der Waals surface area contributed by atoms with Gasteiger partial charge in [-0.3, -0.25) is 4.90 Å². The second-order valence-corrected chi connectivity index (χ2v) is 5.96. The van der Waals surface area contributed by atoms with Crippen LogP contribution in [0.5, 0.6) is 5.75 Å². The van der Waals surface area contributed by atoms with Crippen molar-refractivity contribution >= 4 is 35.6 Å². The summed E-state index contributed by atoms with van der Waals surface area (Å²) >= 11 is 0. The van der Waals surface area contributed by atoms with Gasteiger partial charge in [0.25, 0.3) is 0 Å². The maximum atomic E-state index is 5.99. The molecule has 0 aliphatic carbocycles. The minimum Gasteiger partial charge on any atom is -0.494 e. The molecule has 1 atom stereocenters. The average molecular weight is 383 g/mol. The zero-order chi connectivity index (χ0) is 16.1. The summed E-state index contributed by atoms with van der Waals surface area (Å²) in [5, 5.41) is 6.01. The second-order valence-electron chi connectivity index (χ2n) is 5.96. The van der Waals surface area contributed by atoms with E-state index in [1.54, 1.807) is 0 Å². The van der Waals surface area contributed by atoms with Crippen LogP contribution in [0.3, 0.4) is 0 Å². The molecule has 1 fully saturated rings. The number of nitrogens with zero attached hydrogens (tertiary/aromatic N) is 1. The van der Waals surface area contributed by atoms with E-state index in [4.69, 9.17) is 4.74 Å². The monoisotopic (exact) mass is 382 g/mol. The van der Waals surface area contributed by atoms with Crippen molar-refractivity contribution in [2.24, 2.45) is 0 Å². The topological polar surface area (TPSA) is 24.5 Å². The summed E-state index contributed by atoms with van der Waals surface area (Å²) in [6, 6.07) is 13.2. The van der Waals surface area contributed by atoms with Gasteiger partial charge in [0.15, 0.2) is 0 Å². The predicted molar refractivity (Wildman–Crippen MR) is 112 cm³/mol. The summed E-state index contributed by atoms with van der Waals surface area (Å²) in [4.78, 5) is 2.56. The standard InChI is InChI=1S/C20H26N2O.2ClH/c1-3-7-18(22-14-12-21-13-15-22)20-17-9-6-5-8-16(17)10-11-19(20)23-4-2;;/h3,5-6,8-11,18,21H,1,4,7,12-15H2,2H3;2*1H/t18-;;/m0../s1. The maximum Gasteiger partial charge on any atom is 0.124 e. The van der Waals surface area contributed by atoms with Gasteiger partial charge in [0.1, 0.15) is 5.75 Å². The van der Waals surface area contributed by atoms with E-state index < -0.39 is 0 Å². The van der Waals surface area contributed by atoms with Gasteiger partial charge in [-0.25, -0.2) is 0 Å². The number of ether oxygens (including phenoxy) is 1. The Morgan fingerprint density at radius 1 is 1.16 bits per heavy atom. The third-order valence-electron chi connectivity index (χ3n) is 4.55. The quantitative estimate of drug-likeness (QED) is 0.738. The van der Waals surface area contributed by atoms with Crippen molar-refractivity contribution in [2.75, 3.05) is 32.8 Å². The number of benzene rings is 2. The van der Waals surface area contributed by atoms with E-state index in [2.05, 4.69) is 53.2 Å². The number of nitrogens with one attached hydrogen (secondary N) is 1. The van der Waals surface area contributed by atoms with Crippen molar-refractivity contribution in [1.82, 2.24) is 10.2 Å². The van der Waals surface area contributed by atoms with E-state index in [1.165, 1.54) is 16.3 Å². The van der Waals surface area contributed by atoms with E-state index >= 15 is 0 Å². The van der Waals surface area contributed by atoms with Crippen LogP contribution in [0.2, 0.25) is 0 Å². The number of halogens is 2. The molecule has 0 bridgehead atoms. The summed E-state index contributed by atoms with van der Waals surface area (Å²) < 4.78 is 5.99. The molecule has 1 heterocycles. The fraction of sp³-hybridized carbons (Fsp3) is 0.400. The normalized spacial score (nSPS) is 15.7. The zero-order valence-electron chi connectivity index (χ0n) is 14.7. The molecule has 0 saturated carbocycles. The highest BCUT2D eigenvalue weighted by atomic mass is 35.5. The summed E-state index contributed by atoms with van der Waals surface area (Å²) in [5.74, 6) is 1.01. The van der Waals surface area contributed by atoms with Gasteiger partial charge in [0.2, 0.25) is 0 Å². The van der Waals surface area contributed by atoms with Crippen molar-refractivity contribution in [1.29, 1.82) is 0 Å². The molecular formula is C20H28Cl2N2O. The van der Waals surface area contributed by atoms with Gasteiger partial charge in [-0.05, 0) is 30.2 Å². The van der Waals surface area contributed by atoms with E-state index in [0.29, 0.717) is 12.6 Å². The summed E-state index contributed by atoms with van der Waals surface area (Å²) in [6.07, 6.45) is 2.97. The van der Waals surface area contributed by atoms with Gasteiger partial charge in [-0.1, -0.05) is 36.4 Å². The molecule has 1 aliphatic heterocycles. The molecule has 3 nitrogen and oxygen atoms in total. The minimum absolute atomic E-state index is 0. The first-order valence-corrected chi connectivity index (χ1v) is 8.55. The van der Waals surface area contributed by atoms with Crippen LogP contribution >= 0.6 is 24.8 Å². The lowest BCUT2D eigenvalue weighted by atomic mass is 9.94. The van der Waals surface area contributed by atoms with E-state index in [-0.39, 0.29) is 24.8 Å². The first-order chi connectivity index (χ1) is 11.3. The third-order valence-corrected chi connectivity index (χ3v) is 4.55. The molecule has 2 aromatic rings. The molecule has 1 N–H and O–H groups in total. The van der Waals surface area contributed by atoms with Crippen LogP contribution in [0, 0.1) is 0 Å². The van der Waals surface area contributed by atoms with Crippen LogP contribution in [0.25, 0.3) is 10.8 Å². The second kappa shape index (κ2) is 10.7. The average Bonchev–Trinajstić information content (AvgIpc) is 2.61. The Hall–Kier alpha value is -1.26. The SMILES string of the molecule is C=CC[C@@H](c1c(OCC)ccc2ccccc12)N1CCNCC1.Cl.Cl. The summed E-state index contributed by atoms with van der Waals surface area (Å²) in [6.45, 7) is 10.9. The fourth-order valence-corrected chi connectivity index (χ4v) is 3.50. The van der Waals surface area contributed by atoms with Gasteiger partial charge in [-0.2, -0.15) is 0 Å². The molecule has 138 valence electrons. The molecule has 1 saturated heterocycles. The van der Waals surface area contributed by atoms with Crippen LogP contribution in [-0.4, -0.2) is 37.7 Å². The predicted octanol–water partition coefficient (Wildman–Crippen LogP) is 4.60. The van der Waals surface area contributed by atoms with E-state index in [1.807, 2.05) is 13.0 Å². The van der Waals surface area contributed by atoms with Gasteiger partial charge in [0, 0.05) is 37.8 Å². The third kappa shape index (κ3) is 4.89. The van der Waals surface area contributed by atoms with Crippen LogP contribution in [0.1, 0.15) is 24.9 Å². The number of hydrogen-bond donors (Lipinski definition) is 1. The Morgan fingerprint density at radius 2 is 1.88 bits per heavy atom. The highest BCUT2D eigenvalue weighted by Crippen LogP contribution is 2.38. The highest BCUT2D eigenvalue weighted by Gasteiger charge is 2.25. The Balaban J connectivity index is 0.00000156. The molecule has 25 heavy (non-hydrogen) atoms. The van der Waals surface area contributed by atoms with Crippen molar-refractivity contribution < 1.29 is 4.74 Å². The number of piperazine rings is 1. The van der Waals surface area contributed by atoms with Gasteiger partial charge < -0.3 is 10.1 Å².